The molecular formula is C13H17N3O4S. The van der Waals surface area contributed by atoms with E-state index in [4.69, 9.17) is 9.47 Å². The van der Waals surface area contributed by atoms with E-state index in [0.717, 1.165) is 0 Å². The van der Waals surface area contributed by atoms with Gasteiger partial charge >= 0.3 is 0 Å². The molecule has 0 spiro atoms. The fourth-order valence-corrected chi connectivity index (χ4v) is 3.10. The second-order valence-electron chi connectivity index (χ2n) is 4.39. The predicted molar refractivity (Wildman–Crippen MR) is 78.3 cm³/mol. The number of nitrogens with one attached hydrogen (secondary N) is 1. The molecule has 1 aromatic carbocycles. The van der Waals surface area contributed by atoms with Crippen molar-refractivity contribution in [3.63, 3.8) is 0 Å². The molecule has 0 fully saturated rings. The van der Waals surface area contributed by atoms with Crippen molar-refractivity contribution < 1.29 is 17.9 Å². The van der Waals surface area contributed by atoms with E-state index in [1.54, 1.807) is 32.2 Å². The topological polar surface area (TPSA) is 82.5 Å². The SMILES string of the molecule is COc1ccc(NS(=O)(=O)c2cnn(C)c2C)c(OC)c1. The smallest absolute Gasteiger partial charge is 0.265 e. The van der Waals surface area contributed by atoms with E-state index < -0.39 is 10.0 Å². The lowest BCUT2D eigenvalue weighted by atomic mass is 10.3. The second-order valence-corrected chi connectivity index (χ2v) is 6.04. The van der Waals surface area contributed by atoms with Crippen LogP contribution in [0.15, 0.2) is 29.3 Å². The van der Waals surface area contributed by atoms with Crippen LogP contribution < -0.4 is 14.2 Å². The molecule has 2 rings (SSSR count). The molecule has 2 aromatic rings. The number of rotatable bonds is 5. The van der Waals surface area contributed by atoms with E-state index in [1.807, 2.05) is 0 Å². The molecule has 1 N–H and O–H groups in total. The molecule has 0 radical (unpaired) electrons. The molecule has 0 bridgehead atoms. The minimum absolute atomic E-state index is 0.128. The van der Waals surface area contributed by atoms with Gasteiger partial charge in [0.2, 0.25) is 0 Å². The number of hydrogen-bond acceptors (Lipinski definition) is 5. The molecule has 0 saturated heterocycles. The highest BCUT2D eigenvalue weighted by atomic mass is 32.2. The van der Waals surface area contributed by atoms with Crippen LogP contribution in [0.1, 0.15) is 5.69 Å². The number of sulfonamides is 1. The van der Waals surface area contributed by atoms with Crippen molar-refractivity contribution >= 4 is 15.7 Å². The Balaban J connectivity index is 2.39. The van der Waals surface area contributed by atoms with Gasteiger partial charge in [-0.2, -0.15) is 5.10 Å². The lowest BCUT2D eigenvalue weighted by Crippen LogP contribution is -2.14. The maximum absolute atomic E-state index is 12.4. The van der Waals surface area contributed by atoms with Gasteiger partial charge in [0.25, 0.3) is 10.0 Å². The fourth-order valence-electron chi connectivity index (χ4n) is 1.82. The molecule has 0 saturated carbocycles. The standard InChI is InChI=1S/C13H17N3O4S/c1-9-13(8-14-16(9)2)21(17,18)15-11-6-5-10(19-3)7-12(11)20-4/h5-8,15H,1-4H3. The van der Waals surface area contributed by atoms with Crippen LogP contribution >= 0.6 is 0 Å². The van der Waals surface area contributed by atoms with Crippen LogP contribution in [0.5, 0.6) is 11.5 Å². The Labute approximate surface area is 123 Å². The highest BCUT2D eigenvalue weighted by Gasteiger charge is 2.21. The van der Waals surface area contributed by atoms with Crippen molar-refractivity contribution in [3.8, 4) is 11.5 Å². The highest BCUT2D eigenvalue weighted by molar-refractivity contribution is 7.92. The third kappa shape index (κ3) is 2.94. The highest BCUT2D eigenvalue weighted by Crippen LogP contribution is 2.31. The largest absolute Gasteiger partial charge is 0.497 e. The molecule has 7 nitrogen and oxygen atoms in total. The van der Waals surface area contributed by atoms with E-state index in [1.165, 1.54) is 25.1 Å². The van der Waals surface area contributed by atoms with Gasteiger partial charge in [0.15, 0.2) is 0 Å². The number of aromatic nitrogens is 2. The third-order valence-electron chi connectivity index (χ3n) is 3.13. The molecule has 0 aliphatic rings. The van der Waals surface area contributed by atoms with Crippen molar-refractivity contribution in [2.75, 3.05) is 18.9 Å². The molecule has 114 valence electrons. The number of methoxy groups -OCH3 is 2. The summed E-state index contributed by atoms with van der Waals surface area (Å²) in [4.78, 5) is 0.128. The van der Waals surface area contributed by atoms with Gasteiger partial charge in [-0.25, -0.2) is 8.42 Å². The van der Waals surface area contributed by atoms with Crippen LogP contribution in [0.3, 0.4) is 0 Å². The second kappa shape index (κ2) is 5.65. The lowest BCUT2D eigenvalue weighted by molar-refractivity contribution is 0.395. The van der Waals surface area contributed by atoms with Gasteiger partial charge in [0, 0.05) is 13.1 Å². The van der Waals surface area contributed by atoms with Crippen LogP contribution in [0, 0.1) is 6.92 Å². The minimum atomic E-state index is -3.73. The molecule has 0 aliphatic heterocycles. The molecule has 21 heavy (non-hydrogen) atoms. The molecule has 0 atom stereocenters. The monoisotopic (exact) mass is 311 g/mol. The first-order valence-corrected chi connectivity index (χ1v) is 7.61. The average Bonchev–Trinajstić information content (AvgIpc) is 2.79. The molecular weight excluding hydrogens is 294 g/mol. The summed E-state index contributed by atoms with van der Waals surface area (Å²) in [7, 11) is 0.939. The quantitative estimate of drug-likeness (QED) is 0.906. The molecule has 0 amide bonds. The summed E-state index contributed by atoms with van der Waals surface area (Å²) in [5, 5.41) is 3.94. The Bertz CT molecular complexity index is 753. The average molecular weight is 311 g/mol. The van der Waals surface area contributed by atoms with Crippen LogP contribution in [0.25, 0.3) is 0 Å². The number of aryl methyl sites for hydroxylation is 1. The molecule has 0 unspecified atom stereocenters. The summed E-state index contributed by atoms with van der Waals surface area (Å²) in [6.45, 7) is 1.69. The number of hydrogen-bond donors (Lipinski definition) is 1. The number of nitrogens with zero attached hydrogens (tertiary/aromatic N) is 2. The van der Waals surface area contributed by atoms with Gasteiger partial charge in [-0.05, 0) is 19.1 Å². The van der Waals surface area contributed by atoms with E-state index in [0.29, 0.717) is 22.9 Å². The lowest BCUT2D eigenvalue weighted by Gasteiger charge is -2.12. The van der Waals surface area contributed by atoms with Crippen LogP contribution in [-0.4, -0.2) is 32.4 Å². The fraction of sp³-hybridized carbons (Fsp3) is 0.308. The van der Waals surface area contributed by atoms with Gasteiger partial charge in [0.05, 0.1) is 31.8 Å². The number of benzene rings is 1. The van der Waals surface area contributed by atoms with E-state index in [2.05, 4.69) is 9.82 Å². The van der Waals surface area contributed by atoms with Gasteiger partial charge in [-0.15, -0.1) is 0 Å². The summed E-state index contributed by atoms with van der Waals surface area (Å²) in [6, 6.07) is 4.84. The number of anilines is 1. The first-order valence-electron chi connectivity index (χ1n) is 6.12. The Morgan fingerprint density at radius 2 is 1.95 bits per heavy atom. The molecule has 1 aromatic heterocycles. The van der Waals surface area contributed by atoms with Crippen LogP contribution in [-0.2, 0) is 17.1 Å². The predicted octanol–water partition coefficient (Wildman–Crippen LogP) is 1.55. The van der Waals surface area contributed by atoms with Crippen molar-refractivity contribution in [1.82, 2.24) is 9.78 Å². The normalized spacial score (nSPS) is 11.2. The zero-order valence-corrected chi connectivity index (χ0v) is 13.1. The van der Waals surface area contributed by atoms with Crippen LogP contribution in [0.2, 0.25) is 0 Å². The first kappa shape index (κ1) is 15.2. The van der Waals surface area contributed by atoms with E-state index in [-0.39, 0.29) is 4.90 Å². The van der Waals surface area contributed by atoms with Gasteiger partial charge in [-0.3, -0.25) is 9.40 Å². The summed E-state index contributed by atoms with van der Waals surface area (Å²) in [5.41, 5.74) is 0.886. The third-order valence-corrected chi connectivity index (χ3v) is 4.60. The first-order chi connectivity index (χ1) is 9.89. The minimum Gasteiger partial charge on any atom is -0.497 e. The Hall–Kier alpha value is -2.22. The summed E-state index contributed by atoms with van der Waals surface area (Å²) < 4.78 is 39.1. The van der Waals surface area contributed by atoms with E-state index >= 15 is 0 Å². The van der Waals surface area contributed by atoms with Crippen molar-refractivity contribution in [1.29, 1.82) is 0 Å². The maximum atomic E-state index is 12.4. The summed E-state index contributed by atoms with van der Waals surface area (Å²) >= 11 is 0. The molecule has 1 heterocycles. The Morgan fingerprint density at radius 1 is 1.24 bits per heavy atom. The van der Waals surface area contributed by atoms with Gasteiger partial charge in [0.1, 0.15) is 16.4 Å². The van der Waals surface area contributed by atoms with Crippen molar-refractivity contribution in [3.05, 3.63) is 30.1 Å². The van der Waals surface area contributed by atoms with Crippen LogP contribution in [0.4, 0.5) is 5.69 Å². The maximum Gasteiger partial charge on any atom is 0.265 e. The van der Waals surface area contributed by atoms with Crippen molar-refractivity contribution in [2.45, 2.75) is 11.8 Å². The van der Waals surface area contributed by atoms with Crippen molar-refractivity contribution in [2.24, 2.45) is 7.05 Å². The summed E-state index contributed by atoms with van der Waals surface area (Å²) in [6.07, 6.45) is 1.31. The zero-order chi connectivity index (χ0) is 15.6. The van der Waals surface area contributed by atoms with Gasteiger partial charge < -0.3 is 9.47 Å². The summed E-state index contributed by atoms with van der Waals surface area (Å²) in [5.74, 6) is 0.951. The Kier molecular flexibility index (Phi) is 4.08. The number of ether oxygens (including phenoxy) is 2. The zero-order valence-electron chi connectivity index (χ0n) is 12.2. The molecule has 0 aliphatic carbocycles. The Morgan fingerprint density at radius 3 is 2.48 bits per heavy atom. The van der Waals surface area contributed by atoms with Gasteiger partial charge in [-0.1, -0.05) is 0 Å². The molecule has 8 heteroatoms. The van der Waals surface area contributed by atoms with E-state index in [9.17, 15) is 8.42 Å².